The minimum Gasteiger partial charge on any atom is -0.232 e. The SMILES string of the molecule is C=CF.[C]F. The second-order valence-corrected chi connectivity index (χ2v) is 0.154. The summed E-state index contributed by atoms with van der Waals surface area (Å²) in [5, 5.41) is 0. The molecule has 0 aromatic rings. The van der Waals surface area contributed by atoms with Gasteiger partial charge in [-0.15, -0.1) is 0 Å². The van der Waals surface area contributed by atoms with Gasteiger partial charge in [0.15, 0.2) is 0 Å². The maximum Gasteiger partial charge on any atom is 0.232 e. The van der Waals surface area contributed by atoms with Crippen LogP contribution in [-0.4, -0.2) is 0 Å². The Morgan fingerprint density at radius 2 is 1.60 bits per heavy atom. The molecular formula is C3H3F2. The van der Waals surface area contributed by atoms with Gasteiger partial charge in [0.05, 0.1) is 6.33 Å². The van der Waals surface area contributed by atoms with Gasteiger partial charge in [0.25, 0.3) is 0 Å². The van der Waals surface area contributed by atoms with Crippen LogP contribution in [-0.2, 0) is 0 Å². The summed E-state index contributed by atoms with van der Waals surface area (Å²) >= 11 is 0. The first-order chi connectivity index (χ1) is 2.41. The topological polar surface area (TPSA) is 0 Å². The second-order valence-electron chi connectivity index (χ2n) is 0.154. The molecule has 0 saturated carbocycles. The average Bonchev–Trinajstić information content (AvgIpc) is 1.46. The van der Waals surface area contributed by atoms with Crippen LogP contribution in [0, 0.1) is 7.18 Å². The predicted octanol–water partition coefficient (Wildman–Crippen LogP) is 1.60. The summed E-state index contributed by atoms with van der Waals surface area (Å²) in [6.07, 6.45) is 0.250. The van der Waals surface area contributed by atoms with E-state index in [-0.39, 0.29) is 6.33 Å². The van der Waals surface area contributed by atoms with Gasteiger partial charge in [0, 0.05) is 0 Å². The van der Waals surface area contributed by atoms with Gasteiger partial charge in [0.1, 0.15) is 0 Å². The number of hydrogen-bond donors (Lipinski definition) is 0. The Morgan fingerprint density at radius 1 is 1.60 bits per heavy atom. The second kappa shape index (κ2) is 67.6. The quantitative estimate of drug-likeness (QED) is 0.412. The van der Waals surface area contributed by atoms with Crippen molar-refractivity contribution in [1.82, 2.24) is 0 Å². The van der Waals surface area contributed by atoms with Crippen molar-refractivity contribution in [2.24, 2.45) is 0 Å². The number of rotatable bonds is 0. The van der Waals surface area contributed by atoms with Gasteiger partial charge in [-0.2, -0.15) is 0 Å². The molecular weight excluding hydrogens is 74.0 g/mol. The smallest absolute Gasteiger partial charge is 0.232 e. The first-order valence-electron chi connectivity index (χ1n) is 0.815. The van der Waals surface area contributed by atoms with Crippen LogP contribution in [0.15, 0.2) is 12.9 Å². The van der Waals surface area contributed by atoms with Crippen molar-refractivity contribution in [2.75, 3.05) is 0 Å². The molecule has 0 atom stereocenters. The van der Waals surface area contributed by atoms with E-state index in [2.05, 4.69) is 13.8 Å². The number of hydrogen-bond acceptors (Lipinski definition) is 0. The summed E-state index contributed by atoms with van der Waals surface area (Å²) in [5.74, 6) is 0. The molecule has 29 valence electrons. The Kier molecular flexibility index (Phi) is 119. The molecule has 0 fully saturated rings. The molecule has 0 heterocycles. The zero-order valence-electron chi connectivity index (χ0n) is 2.54. The number of halogens is 2. The molecule has 0 bridgehead atoms. The predicted molar refractivity (Wildman–Crippen MR) is 15.7 cm³/mol. The van der Waals surface area contributed by atoms with Crippen LogP contribution in [0.4, 0.5) is 8.78 Å². The minimum atomic E-state index is 0.250. The lowest BCUT2D eigenvalue weighted by Crippen LogP contribution is -0.990. The Hall–Kier alpha value is -0.400. The summed E-state index contributed by atoms with van der Waals surface area (Å²) in [6.45, 7) is 2.69. The highest BCUT2D eigenvalue weighted by molar-refractivity contribution is 4.39. The zero-order chi connectivity index (χ0) is 4.71. The van der Waals surface area contributed by atoms with Crippen molar-refractivity contribution in [1.29, 1.82) is 0 Å². The molecule has 5 heavy (non-hydrogen) atoms. The molecule has 0 aromatic carbocycles. The molecule has 0 saturated heterocycles. The summed E-state index contributed by atoms with van der Waals surface area (Å²) in [6, 6.07) is 0. The van der Waals surface area contributed by atoms with Gasteiger partial charge in [0.2, 0.25) is 7.18 Å². The lowest BCUT2D eigenvalue weighted by atomic mass is 11.2. The van der Waals surface area contributed by atoms with E-state index < -0.39 is 0 Å². The third-order valence-electron chi connectivity index (χ3n) is 0. The lowest BCUT2D eigenvalue weighted by Gasteiger charge is -1.28. The third-order valence-corrected chi connectivity index (χ3v) is 0. The maximum absolute atomic E-state index is 10.1. The van der Waals surface area contributed by atoms with E-state index in [4.69, 9.17) is 4.39 Å². The van der Waals surface area contributed by atoms with Crippen LogP contribution >= 0.6 is 0 Å². The molecule has 0 aliphatic carbocycles. The standard InChI is InChI=1S/C2H3F.CF/c1-2-3;1-2/h2H,1H2;. The molecule has 0 spiro atoms. The molecule has 0 rings (SSSR count). The van der Waals surface area contributed by atoms with E-state index in [9.17, 15) is 4.39 Å². The fourth-order valence-electron chi connectivity index (χ4n) is 0. The van der Waals surface area contributed by atoms with Crippen molar-refractivity contribution in [2.45, 2.75) is 0 Å². The third kappa shape index (κ3) is 57.6. The van der Waals surface area contributed by atoms with Crippen molar-refractivity contribution >= 4 is 0 Å². The van der Waals surface area contributed by atoms with Crippen LogP contribution in [0.5, 0.6) is 0 Å². The Morgan fingerprint density at radius 3 is 1.60 bits per heavy atom. The summed E-state index contributed by atoms with van der Waals surface area (Å²) in [5.41, 5.74) is 0. The van der Waals surface area contributed by atoms with E-state index >= 15 is 0 Å². The Balaban J connectivity index is 0. The fraction of sp³-hybridized carbons (Fsp3) is 0. The Labute approximate surface area is 30.1 Å². The molecule has 0 aliphatic heterocycles. The largest absolute Gasteiger partial charge is 0.232 e. The van der Waals surface area contributed by atoms with Crippen LogP contribution in [0.25, 0.3) is 0 Å². The van der Waals surface area contributed by atoms with Crippen molar-refractivity contribution in [3.63, 3.8) is 0 Å². The zero-order valence-corrected chi connectivity index (χ0v) is 2.54. The molecule has 0 aromatic heterocycles. The first kappa shape index (κ1) is 8.82. The molecule has 0 nitrogen and oxygen atoms in total. The van der Waals surface area contributed by atoms with Crippen LogP contribution < -0.4 is 0 Å². The molecule has 0 amide bonds. The summed E-state index contributed by atoms with van der Waals surface area (Å²) in [4.78, 5) is 0. The van der Waals surface area contributed by atoms with Crippen LogP contribution in [0.2, 0.25) is 0 Å². The highest BCUT2D eigenvalue weighted by Crippen LogP contribution is 1.48. The van der Waals surface area contributed by atoms with Crippen molar-refractivity contribution in [3.8, 4) is 0 Å². The normalized spacial score (nSPS) is 3.80. The lowest BCUT2D eigenvalue weighted by molar-refractivity contribution is 0.713. The molecule has 3 radical (unpaired) electrons. The molecule has 0 N–H and O–H groups in total. The maximum atomic E-state index is 10.1. The van der Waals surface area contributed by atoms with E-state index in [1.807, 2.05) is 0 Å². The van der Waals surface area contributed by atoms with Crippen LogP contribution in [0.3, 0.4) is 0 Å². The van der Waals surface area contributed by atoms with E-state index in [1.165, 1.54) is 0 Å². The molecule has 0 unspecified atom stereocenters. The fourth-order valence-corrected chi connectivity index (χ4v) is 0. The van der Waals surface area contributed by atoms with Crippen molar-refractivity contribution < 1.29 is 8.78 Å². The average molecular weight is 77.1 g/mol. The Bertz CT molecular complexity index is 12.4. The summed E-state index contributed by atoms with van der Waals surface area (Å²) < 4.78 is 18.8. The highest BCUT2D eigenvalue weighted by atomic mass is 19.1. The van der Waals surface area contributed by atoms with Crippen molar-refractivity contribution in [3.05, 3.63) is 20.1 Å². The van der Waals surface area contributed by atoms with Crippen LogP contribution in [0.1, 0.15) is 0 Å². The van der Waals surface area contributed by atoms with Gasteiger partial charge < -0.3 is 0 Å². The molecule has 0 aliphatic rings. The van der Waals surface area contributed by atoms with Gasteiger partial charge in [-0.3, -0.25) is 0 Å². The minimum absolute atomic E-state index is 0.250. The van der Waals surface area contributed by atoms with E-state index in [0.717, 1.165) is 0 Å². The first-order valence-corrected chi connectivity index (χ1v) is 0.815. The summed E-state index contributed by atoms with van der Waals surface area (Å²) in [7, 11) is 4.25. The van der Waals surface area contributed by atoms with Gasteiger partial charge in [-0.05, 0) is 0 Å². The van der Waals surface area contributed by atoms with E-state index in [0.29, 0.717) is 0 Å². The van der Waals surface area contributed by atoms with E-state index in [1.54, 1.807) is 0 Å². The highest BCUT2D eigenvalue weighted by Gasteiger charge is 1.19. The van der Waals surface area contributed by atoms with Gasteiger partial charge >= 0.3 is 0 Å². The molecule has 2 heteroatoms. The van der Waals surface area contributed by atoms with Gasteiger partial charge in [-0.1, -0.05) is 6.58 Å². The van der Waals surface area contributed by atoms with Gasteiger partial charge in [-0.25, -0.2) is 8.78 Å². The monoisotopic (exact) mass is 77.0 g/mol.